The predicted octanol–water partition coefficient (Wildman–Crippen LogP) is 2.49. The Balaban J connectivity index is 1.66. The number of aliphatic hydroxyl groups excluding tert-OH is 3. The molecule has 3 heterocycles. The average Bonchev–Trinajstić information content (AvgIpc) is 3.20. The molecule has 8 heteroatoms. The van der Waals surface area contributed by atoms with Crippen molar-refractivity contribution in [3.8, 4) is 0 Å². The van der Waals surface area contributed by atoms with Gasteiger partial charge >= 0.3 is 0 Å². The molecule has 142 valence electrons. The molecule has 0 bridgehead atoms. The number of hydrogen-bond acceptors (Lipinski definition) is 5. The summed E-state index contributed by atoms with van der Waals surface area (Å²) in [6, 6.07) is 7.48. The molecule has 5 unspecified atom stereocenters. The fourth-order valence-electron chi connectivity index (χ4n) is 3.46. The molecule has 3 N–H and O–H groups in total. The molecule has 2 aromatic heterocycles. The summed E-state index contributed by atoms with van der Waals surface area (Å²) in [6.45, 7) is 1.94. The Morgan fingerprint density at radius 2 is 2.00 bits per heavy atom. The van der Waals surface area contributed by atoms with Crippen LogP contribution >= 0.6 is 11.6 Å². The largest absolute Gasteiger partial charge is 0.387 e. The van der Waals surface area contributed by atoms with Crippen LogP contribution in [-0.4, -0.2) is 43.2 Å². The Bertz CT molecular complexity index is 995. The van der Waals surface area contributed by atoms with Crippen LogP contribution in [0.25, 0.3) is 11.0 Å². The SMILES string of the molecule is Cc1ccnc2c1ccn2C1OC(C(O)c2ccc(F)c(Cl)c2)C(O)C1O. The van der Waals surface area contributed by atoms with E-state index in [0.717, 1.165) is 17.0 Å². The van der Waals surface area contributed by atoms with E-state index in [9.17, 15) is 19.7 Å². The van der Waals surface area contributed by atoms with Crippen molar-refractivity contribution in [2.75, 3.05) is 0 Å². The van der Waals surface area contributed by atoms with Gasteiger partial charge in [0.25, 0.3) is 0 Å². The number of ether oxygens (including phenoxy) is 1. The summed E-state index contributed by atoms with van der Waals surface area (Å²) in [6.07, 6.45) is -2.60. The van der Waals surface area contributed by atoms with Crippen molar-refractivity contribution in [2.24, 2.45) is 0 Å². The van der Waals surface area contributed by atoms with E-state index in [2.05, 4.69) is 4.98 Å². The molecule has 4 rings (SSSR count). The van der Waals surface area contributed by atoms with Gasteiger partial charge in [-0.2, -0.15) is 0 Å². The van der Waals surface area contributed by atoms with Gasteiger partial charge in [-0.25, -0.2) is 9.37 Å². The first-order chi connectivity index (χ1) is 12.9. The number of halogens is 2. The minimum Gasteiger partial charge on any atom is -0.387 e. The predicted molar refractivity (Wildman–Crippen MR) is 96.8 cm³/mol. The van der Waals surface area contributed by atoms with Crippen molar-refractivity contribution >= 4 is 22.6 Å². The summed E-state index contributed by atoms with van der Waals surface area (Å²) >= 11 is 5.77. The lowest BCUT2D eigenvalue weighted by Gasteiger charge is -2.21. The lowest BCUT2D eigenvalue weighted by Crippen LogP contribution is -2.34. The first-order valence-corrected chi connectivity index (χ1v) is 8.83. The van der Waals surface area contributed by atoms with Crippen LogP contribution in [0.4, 0.5) is 4.39 Å². The molecule has 6 nitrogen and oxygen atoms in total. The maximum Gasteiger partial charge on any atom is 0.164 e. The van der Waals surface area contributed by atoms with Crippen molar-refractivity contribution < 1.29 is 24.4 Å². The molecule has 27 heavy (non-hydrogen) atoms. The highest BCUT2D eigenvalue weighted by Crippen LogP contribution is 2.38. The fourth-order valence-corrected chi connectivity index (χ4v) is 3.65. The summed E-state index contributed by atoms with van der Waals surface area (Å²) in [5.41, 5.74) is 1.90. The monoisotopic (exact) mass is 392 g/mol. The van der Waals surface area contributed by atoms with Gasteiger partial charge in [-0.05, 0) is 42.3 Å². The van der Waals surface area contributed by atoms with Crippen LogP contribution < -0.4 is 0 Å². The van der Waals surface area contributed by atoms with Crippen LogP contribution in [0.15, 0.2) is 42.7 Å². The molecule has 1 saturated heterocycles. The number of pyridine rings is 1. The Morgan fingerprint density at radius 1 is 1.22 bits per heavy atom. The van der Waals surface area contributed by atoms with Crippen LogP contribution in [0.2, 0.25) is 5.02 Å². The van der Waals surface area contributed by atoms with Gasteiger partial charge < -0.3 is 24.6 Å². The lowest BCUT2D eigenvalue weighted by molar-refractivity contribution is -0.0848. The van der Waals surface area contributed by atoms with E-state index in [0.29, 0.717) is 5.65 Å². The first kappa shape index (κ1) is 18.3. The molecular formula is C19H18ClFN2O4. The van der Waals surface area contributed by atoms with Crippen molar-refractivity contribution in [1.82, 2.24) is 9.55 Å². The third kappa shape index (κ3) is 3.01. The zero-order chi connectivity index (χ0) is 19.3. The van der Waals surface area contributed by atoms with Gasteiger partial charge in [0.1, 0.15) is 35.9 Å². The topological polar surface area (TPSA) is 87.7 Å². The van der Waals surface area contributed by atoms with Crippen LogP contribution in [0.3, 0.4) is 0 Å². The highest BCUT2D eigenvalue weighted by Gasteiger charge is 2.47. The maximum absolute atomic E-state index is 13.4. The molecule has 1 aromatic carbocycles. The Labute approximate surface area is 159 Å². The van der Waals surface area contributed by atoms with Crippen molar-refractivity contribution in [3.63, 3.8) is 0 Å². The zero-order valence-corrected chi connectivity index (χ0v) is 15.1. The maximum atomic E-state index is 13.4. The number of nitrogens with zero attached hydrogens (tertiary/aromatic N) is 2. The molecule has 0 amide bonds. The molecule has 0 spiro atoms. The molecule has 0 aliphatic carbocycles. The fraction of sp³-hybridized carbons (Fsp3) is 0.316. The van der Waals surface area contributed by atoms with Crippen LogP contribution in [0.1, 0.15) is 23.5 Å². The van der Waals surface area contributed by atoms with E-state index >= 15 is 0 Å². The number of aromatic nitrogens is 2. The smallest absolute Gasteiger partial charge is 0.164 e. The average molecular weight is 393 g/mol. The lowest BCUT2D eigenvalue weighted by atomic mass is 9.99. The number of aliphatic hydroxyl groups is 3. The standard InChI is InChI=1S/C19H18ClFN2O4/c1-9-4-6-22-18-11(9)5-7-23(18)19-16(26)15(25)17(27-19)14(24)10-2-3-13(21)12(20)8-10/h2-8,14-17,19,24-26H,1H3. The van der Waals surface area contributed by atoms with Crippen LogP contribution in [-0.2, 0) is 4.74 Å². The second-order valence-corrected chi connectivity index (χ2v) is 7.09. The normalized spacial score (nSPS) is 26.6. The molecule has 1 aliphatic rings. The highest BCUT2D eigenvalue weighted by atomic mass is 35.5. The van der Waals surface area contributed by atoms with E-state index in [1.165, 1.54) is 12.1 Å². The van der Waals surface area contributed by atoms with E-state index in [4.69, 9.17) is 16.3 Å². The zero-order valence-electron chi connectivity index (χ0n) is 14.3. The van der Waals surface area contributed by atoms with Gasteiger partial charge in [-0.3, -0.25) is 0 Å². The van der Waals surface area contributed by atoms with E-state index in [1.807, 2.05) is 19.1 Å². The molecular weight excluding hydrogens is 375 g/mol. The van der Waals surface area contributed by atoms with Gasteiger partial charge in [0, 0.05) is 17.8 Å². The van der Waals surface area contributed by atoms with Gasteiger partial charge in [-0.15, -0.1) is 0 Å². The van der Waals surface area contributed by atoms with Crippen molar-refractivity contribution in [3.05, 3.63) is 64.7 Å². The summed E-state index contributed by atoms with van der Waals surface area (Å²) in [5, 5.41) is 32.3. The number of fused-ring (bicyclic) bond motifs is 1. The summed E-state index contributed by atoms with van der Waals surface area (Å²) in [4.78, 5) is 4.32. The van der Waals surface area contributed by atoms with Gasteiger partial charge in [0.05, 0.1) is 5.02 Å². The second kappa shape index (κ2) is 6.85. The Hall–Kier alpha value is -2.03. The van der Waals surface area contributed by atoms with Crippen molar-refractivity contribution in [2.45, 2.75) is 37.6 Å². The number of benzene rings is 1. The number of hydrogen-bond donors (Lipinski definition) is 3. The minimum absolute atomic E-state index is 0.146. The summed E-state index contributed by atoms with van der Waals surface area (Å²) in [5.74, 6) is -0.612. The molecule has 0 radical (unpaired) electrons. The van der Waals surface area contributed by atoms with Gasteiger partial charge in [-0.1, -0.05) is 17.7 Å². The quantitative estimate of drug-likeness (QED) is 0.637. The van der Waals surface area contributed by atoms with E-state index in [1.54, 1.807) is 17.0 Å². The molecule has 3 aromatic rings. The Kier molecular flexibility index (Phi) is 4.65. The summed E-state index contributed by atoms with van der Waals surface area (Å²) in [7, 11) is 0. The number of rotatable bonds is 3. The molecule has 1 aliphatic heterocycles. The van der Waals surface area contributed by atoms with E-state index < -0.39 is 36.5 Å². The summed E-state index contributed by atoms with van der Waals surface area (Å²) < 4.78 is 20.8. The van der Waals surface area contributed by atoms with Gasteiger partial charge in [0.15, 0.2) is 6.23 Å². The Morgan fingerprint density at radius 3 is 2.74 bits per heavy atom. The molecule has 5 atom stereocenters. The molecule has 1 fully saturated rings. The van der Waals surface area contributed by atoms with Gasteiger partial charge in [0.2, 0.25) is 0 Å². The minimum atomic E-state index is -1.35. The van der Waals surface area contributed by atoms with Crippen molar-refractivity contribution in [1.29, 1.82) is 0 Å². The first-order valence-electron chi connectivity index (χ1n) is 8.45. The van der Waals surface area contributed by atoms with Crippen LogP contribution in [0, 0.1) is 12.7 Å². The third-order valence-electron chi connectivity index (χ3n) is 4.98. The second-order valence-electron chi connectivity index (χ2n) is 6.68. The number of aryl methyl sites for hydroxylation is 1. The molecule has 0 saturated carbocycles. The third-order valence-corrected chi connectivity index (χ3v) is 5.27. The van der Waals surface area contributed by atoms with E-state index in [-0.39, 0.29) is 10.6 Å². The van der Waals surface area contributed by atoms with Crippen LogP contribution in [0.5, 0.6) is 0 Å². The highest BCUT2D eigenvalue weighted by molar-refractivity contribution is 6.30.